The van der Waals surface area contributed by atoms with Crippen LogP contribution in [0.4, 0.5) is 0 Å². The lowest BCUT2D eigenvalue weighted by molar-refractivity contribution is 0.122. The Morgan fingerprint density at radius 1 is 0.300 bits per heavy atom. The van der Waals surface area contributed by atoms with Gasteiger partial charge in [0.05, 0.1) is 0 Å². The minimum Gasteiger partial charge on any atom is -0.377 e. The molecule has 0 atom stereocenters. The second kappa shape index (κ2) is 34.3. The zero-order valence-corrected chi connectivity index (χ0v) is 30.9. The molecule has 242 valence electrons. The lowest BCUT2D eigenvalue weighted by atomic mass is 10.0. The van der Waals surface area contributed by atoms with Gasteiger partial charge in [0.2, 0.25) is 0 Å². The van der Waals surface area contributed by atoms with Crippen molar-refractivity contribution < 1.29 is 13.3 Å². The van der Waals surface area contributed by atoms with Gasteiger partial charge in [-0.15, -0.1) is 0 Å². The zero-order valence-electron chi connectivity index (χ0n) is 27.7. The standard InChI is InChI=1S/C35H73IO3Si/c1-37-40(38-2,39-3)35-33-31-29-27-25-23-21-19-17-15-13-11-9-7-5-4-6-8-10-12-14-16-18-20-22-24-26-28-30-32-34-36/h4-35H2,1-3H3. The zero-order chi connectivity index (χ0) is 29.2. The summed E-state index contributed by atoms with van der Waals surface area (Å²) < 4.78 is 17.8. The van der Waals surface area contributed by atoms with Gasteiger partial charge in [-0.05, 0) is 17.3 Å². The average molecular weight is 697 g/mol. The topological polar surface area (TPSA) is 27.7 Å². The van der Waals surface area contributed by atoms with E-state index in [4.69, 9.17) is 13.3 Å². The van der Waals surface area contributed by atoms with Crippen molar-refractivity contribution >= 4 is 31.4 Å². The third-order valence-corrected chi connectivity index (χ3v) is 12.4. The largest absolute Gasteiger partial charge is 0.500 e. The molecule has 0 aliphatic carbocycles. The van der Waals surface area contributed by atoms with E-state index in [9.17, 15) is 0 Å². The van der Waals surface area contributed by atoms with Crippen LogP contribution in [0, 0.1) is 0 Å². The minimum absolute atomic E-state index is 0.940. The van der Waals surface area contributed by atoms with Crippen LogP contribution in [0.2, 0.25) is 6.04 Å². The highest BCUT2D eigenvalue weighted by atomic mass is 127. The Bertz CT molecular complexity index is 454. The van der Waals surface area contributed by atoms with Crippen LogP contribution in [0.5, 0.6) is 0 Å². The van der Waals surface area contributed by atoms with Gasteiger partial charge in [-0.25, -0.2) is 0 Å². The van der Waals surface area contributed by atoms with Crippen molar-refractivity contribution in [1.82, 2.24) is 0 Å². The molecular formula is C35H73IO3Si. The first kappa shape index (κ1) is 40.8. The molecule has 0 aromatic carbocycles. The smallest absolute Gasteiger partial charge is 0.377 e. The molecule has 0 aromatic heterocycles. The summed E-state index contributed by atoms with van der Waals surface area (Å²) in [6.45, 7) is 0. The van der Waals surface area contributed by atoms with Crippen molar-refractivity contribution in [3.8, 4) is 0 Å². The van der Waals surface area contributed by atoms with Gasteiger partial charge in [0.25, 0.3) is 0 Å². The van der Waals surface area contributed by atoms with E-state index in [-0.39, 0.29) is 0 Å². The van der Waals surface area contributed by atoms with Crippen LogP contribution in [0.25, 0.3) is 0 Å². The molecule has 0 fully saturated rings. The lowest BCUT2D eigenvalue weighted by Crippen LogP contribution is -2.42. The molecule has 3 nitrogen and oxygen atoms in total. The molecule has 0 heterocycles. The summed E-state index contributed by atoms with van der Waals surface area (Å²) in [7, 11) is 2.79. The van der Waals surface area contributed by atoms with Gasteiger partial charge in [-0.2, -0.15) is 0 Å². The number of alkyl halides is 1. The SMILES string of the molecule is CO[Si](CCCCCCCCCCCCCCCCCCCCCCCCCCCCCCCCI)(OC)OC. The fraction of sp³-hybridized carbons (Fsp3) is 1.00. The van der Waals surface area contributed by atoms with Crippen LogP contribution in [0.15, 0.2) is 0 Å². The second-order valence-corrected chi connectivity index (χ2v) is 16.5. The summed E-state index contributed by atoms with van der Waals surface area (Å²) in [4.78, 5) is 0. The Hall–Kier alpha value is 0.827. The number of hydrogen-bond donors (Lipinski definition) is 0. The monoisotopic (exact) mass is 696 g/mol. The van der Waals surface area contributed by atoms with Gasteiger partial charge in [0.1, 0.15) is 0 Å². The van der Waals surface area contributed by atoms with Crippen molar-refractivity contribution in [2.24, 2.45) is 0 Å². The van der Waals surface area contributed by atoms with Crippen LogP contribution in [0.1, 0.15) is 193 Å². The molecule has 0 aliphatic rings. The van der Waals surface area contributed by atoms with E-state index in [1.807, 2.05) is 0 Å². The van der Waals surface area contributed by atoms with E-state index in [1.54, 1.807) is 21.3 Å². The molecule has 0 amide bonds. The van der Waals surface area contributed by atoms with Crippen LogP contribution in [-0.2, 0) is 13.3 Å². The van der Waals surface area contributed by atoms with Crippen molar-refractivity contribution in [2.75, 3.05) is 25.8 Å². The summed E-state index contributed by atoms with van der Waals surface area (Å²) >= 11 is 2.50. The van der Waals surface area contributed by atoms with Crippen molar-refractivity contribution in [3.05, 3.63) is 0 Å². The molecule has 0 radical (unpaired) electrons. The van der Waals surface area contributed by atoms with E-state index in [0.717, 1.165) is 12.5 Å². The van der Waals surface area contributed by atoms with Gasteiger partial charge in [0.15, 0.2) is 0 Å². The average Bonchev–Trinajstić information content (AvgIpc) is 2.98. The Labute approximate surface area is 268 Å². The second-order valence-electron chi connectivity index (χ2n) is 12.3. The molecule has 0 saturated heterocycles. The molecule has 5 heteroatoms. The highest BCUT2D eigenvalue weighted by molar-refractivity contribution is 14.1. The Balaban J connectivity index is 3.12. The molecule has 0 bridgehead atoms. The predicted octanol–water partition coefficient (Wildman–Crippen LogP) is 13.0. The third-order valence-electron chi connectivity index (χ3n) is 8.80. The number of halogens is 1. The highest BCUT2D eigenvalue weighted by Gasteiger charge is 2.36. The van der Waals surface area contributed by atoms with E-state index >= 15 is 0 Å². The Kier molecular flexibility index (Phi) is 35.0. The van der Waals surface area contributed by atoms with E-state index in [2.05, 4.69) is 22.6 Å². The predicted molar refractivity (Wildman–Crippen MR) is 189 cm³/mol. The quantitative estimate of drug-likeness (QED) is 0.0286. The molecule has 40 heavy (non-hydrogen) atoms. The molecule has 0 unspecified atom stereocenters. The molecule has 0 rings (SSSR count). The first-order chi connectivity index (χ1) is 19.7. The maximum Gasteiger partial charge on any atom is 0.500 e. The van der Waals surface area contributed by atoms with Gasteiger partial charge < -0.3 is 13.3 Å². The number of unbranched alkanes of at least 4 members (excludes halogenated alkanes) is 29. The summed E-state index contributed by atoms with van der Waals surface area (Å²) in [6.07, 6.45) is 43.3. The molecular weight excluding hydrogens is 623 g/mol. The fourth-order valence-corrected chi connectivity index (χ4v) is 8.28. The van der Waals surface area contributed by atoms with Crippen LogP contribution in [0.3, 0.4) is 0 Å². The normalized spacial score (nSPS) is 12.0. The Morgan fingerprint density at radius 3 is 0.650 bits per heavy atom. The maximum atomic E-state index is 5.50. The Morgan fingerprint density at radius 2 is 0.475 bits per heavy atom. The van der Waals surface area contributed by atoms with Gasteiger partial charge in [-0.1, -0.05) is 202 Å². The van der Waals surface area contributed by atoms with Crippen LogP contribution in [-0.4, -0.2) is 34.6 Å². The highest BCUT2D eigenvalue weighted by Crippen LogP contribution is 2.19. The number of hydrogen-bond acceptors (Lipinski definition) is 3. The van der Waals surface area contributed by atoms with E-state index in [0.29, 0.717) is 0 Å². The lowest BCUT2D eigenvalue weighted by Gasteiger charge is -2.24. The van der Waals surface area contributed by atoms with Gasteiger partial charge in [0, 0.05) is 27.4 Å². The summed E-state index contributed by atoms with van der Waals surface area (Å²) in [6, 6.07) is 0.940. The number of rotatable bonds is 35. The van der Waals surface area contributed by atoms with Gasteiger partial charge in [-0.3, -0.25) is 0 Å². The molecule has 0 aromatic rings. The summed E-state index contributed by atoms with van der Waals surface area (Å²) in [5.74, 6) is 0. The summed E-state index contributed by atoms with van der Waals surface area (Å²) in [5, 5.41) is 0. The summed E-state index contributed by atoms with van der Waals surface area (Å²) in [5.41, 5.74) is 0. The van der Waals surface area contributed by atoms with E-state index in [1.165, 1.54) is 191 Å². The molecule has 0 aliphatic heterocycles. The van der Waals surface area contributed by atoms with Crippen molar-refractivity contribution in [2.45, 2.75) is 199 Å². The molecule has 0 saturated carbocycles. The minimum atomic E-state index is -2.34. The van der Waals surface area contributed by atoms with E-state index < -0.39 is 8.80 Å². The molecule has 0 N–H and O–H groups in total. The van der Waals surface area contributed by atoms with Crippen LogP contribution < -0.4 is 0 Å². The molecule has 0 spiro atoms. The van der Waals surface area contributed by atoms with Crippen molar-refractivity contribution in [3.63, 3.8) is 0 Å². The van der Waals surface area contributed by atoms with Crippen molar-refractivity contribution in [1.29, 1.82) is 0 Å². The first-order valence-corrected chi connectivity index (χ1v) is 21.4. The maximum absolute atomic E-state index is 5.50. The van der Waals surface area contributed by atoms with Gasteiger partial charge >= 0.3 is 8.80 Å². The third kappa shape index (κ3) is 28.9. The van der Waals surface area contributed by atoms with Crippen LogP contribution >= 0.6 is 22.6 Å². The fourth-order valence-electron chi connectivity index (χ4n) is 5.94. The first-order valence-electron chi connectivity index (χ1n) is 18.0.